The third-order valence-electron chi connectivity index (χ3n) is 1.71. The van der Waals surface area contributed by atoms with Crippen molar-refractivity contribution < 1.29 is 18.3 Å². The first-order valence-corrected chi connectivity index (χ1v) is 4.93. The Morgan fingerprint density at radius 2 is 1.94 bits per heavy atom. The molecule has 0 saturated carbocycles. The van der Waals surface area contributed by atoms with E-state index in [1.807, 2.05) is 0 Å². The number of anilines is 2. The van der Waals surface area contributed by atoms with Crippen molar-refractivity contribution in [1.82, 2.24) is 0 Å². The molecule has 3 N–H and O–H groups in total. The van der Waals surface area contributed by atoms with Gasteiger partial charge in [-0.2, -0.15) is 0 Å². The van der Waals surface area contributed by atoms with Gasteiger partial charge < -0.3 is 10.5 Å². The molecule has 0 bridgehead atoms. The predicted molar refractivity (Wildman–Crippen MR) is 60.6 cm³/mol. The summed E-state index contributed by atoms with van der Waals surface area (Å²) in [4.78, 5) is 11.4. The largest absolute Gasteiger partial charge is 0.444 e. The quantitative estimate of drug-likeness (QED) is 0.746. The average molecular weight is 244 g/mol. The van der Waals surface area contributed by atoms with E-state index in [1.54, 1.807) is 20.8 Å². The fourth-order valence-electron chi connectivity index (χ4n) is 1.13. The Morgan fingerprint density at radius 3 is 2.41 bits per heavy atom. The summed E-state index contributed by atoms with van der Waals surface area (Å²) >= 11 is 0. The lowest BCUT2D eigenvalue weighted by Crippen LogP contribution is -2.27. The van der Waals surface area contributed by atoms with E-state index in [9.17, 15) is 13.6 Å². The minimum absolute atomic E-state index is 0.201. The van der Waals surface area contributed by atoms with Gasteiger partial charge in [0.15, 0.2) is 5.82 Å². The molecule has 1 aromatic rings. The number of rotatable bonds is 1. The van der Waals surface area contributed by atoms with Crippen LogP contribution in [0, 0.1) is 11.6 Å². The number of amides is 1. The van der Waals surface area contributed by atoms with Crippen molar-refractivity contribution in [3.05, 3.63) is 23.8 Å². The van der Waals surface area contributed by atoms with Crippen LogP contribution in [0.2, 0.25) is 0 Å². The molecule has 0 unspecified atom stereocenters. The highest BCUT2D eigenvalue weighted by molar-refractivity contribution is 5.89. The minimum Gasteiger partial charge on any atom is -0.444 e. The minimum atomic E-state index is -0.951. The predicted octanol–water partition coefficient (Wildman–Crippen LogP) is 2.89. The number of hydrogen-bond donors (Lipinski definition) is 2. The van der Waals surface area contributed by atoms with Gasteiger partial charge in [-0.25, -0.2) is 13.6 Å². The maximum absolute atomic E-state index is 13.3. The Bertz CT molecular complexity index is 419. The van der Waals surface area contributed by atoms with Crippen LogP contribution in [-0.2, 0) is 4.74 Å². The van der Waals surface area contributed by atoms with Crippen molar-refractivity contribution >= 4 is 17.5 Å². The molecule has 17 heavy (non-hydrogen) atoms. The third-order valence-corrected chi connectivity index (χ3v) is 1.71. The fraction of sp³-hybridized carbons (Fsp3) is 0.364. The number of nitrogens with two attached hydrogens (primary N) is 1. The summed E-state index contributed by atoms with van der Waals surface area (Å²) in [6, 6.07) is 1.54. The maximum atomic E-state index is 13.3. The number of halogens is 2. The normalized spacial score (nSPS) is 11.1. The molecule has 0 aliphatic heterocycles. The molecule has 0 aliphatic rings. The van der Waals surface area contributed by atoms with Crippen molar-refractivity contribution in [3.63, 3.8) is 0 Å². The SMILES string of the molecule is CC(C)(C)OC(=O)Nc1c(N)cc(F)cc1F. The maximum Gasteiger partial charge on any atom is 0.412 e. The van der Waals surface area contributed by atoms with E-state index in [-0.39, 0.29) is 11.4 Å². The molecule has 1 aromatic carbocycles. The van der Waals surface area contributed by atoms with Gasteiger partial charge in [0, 0.05) is 6.07 Å². The summed E-state index contributed by atoms with van der Waals surface area (Å²) in [5, 5.41) is 2.13. The van der Waals surface area contributed by atoms with E-state index in [1.165, 1.54) is 0 Å². The second-order valence-electron chi connectivity index (χ2n) is 4.48. The molecule has 94 valence electrons. The smallest absolute Gasteiger partial charge is 0.412 e. The molecule has 1 amide bonds. The first kappa shape index (κ1) is 13.2. The number of carbonyl (C=O) groups excluding carboxylic acids is 1. The van der Waals surface area contributed by atoms with E-state index in [2.05, 4.69) is 5.32 Å². The Balaban J connectivity index is 2.86. The molecular weight excluding hydrogens is 230 g/mol. The molecule has 1 rings (SSSR count). The zero-order chi connectivity index (χ0) is 13.2. The molecule has 0 radical (unpaired) electrons. The van der Waals surface area contributed by atoms with Crippen molar-refractivity contribution in [2.45, 2.75) is 26.4 Å². The van der Waals surface area contributed by atoms with Crippen LogP contribution in [-0.4, -0.2) is 11.7 Å². The molecule has 0 saturated heterocycles. The molecule has 0 fully saturated rings. The first-order valence-electron chi connectivity index (χ1n) is 4.93. The van der Waals surface area contributed by atoms with E-state index >= 15 is 0 Å². The van der Waals surface area contributed by atoms with Crippen LogP contribution in [0.5, 0.6) is 0 Å². The Morgan fingerprint density at radius 1 is 1.35 bits per heavy atom. The monoisotopic (exact) mass is 244 g/mol. The standard InChI is InChI=1S/C11H14F2N2O2/c1-11(2,3)17-10(16)15-9-7(13)4-6(12)5-8(9)14/h4-5H,14H2,1-3H3,(H,15,16). The Labute approximate surface area is 97.8 Å². The number of nitrogen functional groups attached to an aromatic ring is 1. The van der Waals surface area contributed by atoms with Crippen LogP contribution in [0.15, 0.2) is 12.1 Å². The molecule has 6 heteroatoms. The summed E-state index contributed by atoms with van der Waals surface area (Å²) < 4.78 is 31.0. The third kappa shape index (κ3) is 3.90. The van der Waals surface area contributed by atoms with E-state index in [0.29, 0.717) is 6.07 Å². The Kier molecular flexibility index (Phi) is 3.55. The number of benzene rings is 1. The molecule has 0 spiro atoms. The summed E-state index contributed by atoms with van der Waals surface area (Å²) in [5.41, 5.74) is 4.18. The molecule has 0 aliphatic carbocycles. The van der Waals surface area contributed by atoms with E-state index in [0.717, 1.165) is 6.07 Å². The number of ether oxygens (including phenoxy) is 1. The summed E-state index contributed by atoms with van der Waals surface area (Å²) in [6.07, 6.45) is -0.852. The average Bonchev–Trinajstić information content (AvgIpc) is 2.08. The van der Waals surface area contributed by atoms with Gasteiger partial charge in [0.25, 0.3) is 0 Å². The van der Waals surface area contributed by atoms with Crippen molar-refractivity contribution in [2.75, 3.05) is 11.1 Å². The number of nitrogens with one attached hydrogen (secondary N) is 1. The van der Waals surface area contributed by atoms with Gasteiger partial charge in [0.05, 0.1) is 5.69 Å². The highest BCUT2D eigenvalue weighted by Crippen LogP contribution is 2.24. The molecule has 0 atom stereocenters. The highest BCUT2D eigenvalue weighted by atomic mass is 19.1. The van der Waals surface area contributed by atoms with Gasteiger partial charge >= 0.3 is 6.09 Å². The topological polar surface area (TPSA) is 64.3 Å². The van der Waals surface area contributed by atoms with E-state index < -0.39 is 23.3 Å². The molecule has 4 nitrogen and oxygen atoms in total. The van der Waals surface area contributed by atoms with Crippen LogP contribution in [0.3, 0.4) is 0 Å². The molecular formula is C11H14F2N2O2. The van der Waals surface area contributed by atoms with Crippen LogP contribution < -0.4 is 11.1 Å². The second-order valence-corrected chi connectivity index (χ2v) is 4.48. The van der Waals surface area contributed by atoms with Crippen molar-refractivity contribution in [1.29, 1.82) is 0 Å². The summed E-state index contributed by atoms with van der Waals surface area (Å²) in [5.74, 6) is -1.76. The van der Waals surface area contributed by atoms with Gasteiger partial charge in [-0.15, -0.1) is 0 Å². The van der Waals surface area contributed by atoms with Crippen LogP contribution >= 0.6 is 0 Å². The van der Waals surface area contributed by atoms with Gasteiger partial charge in [0.2, 0.25) is 0 Å². The summed E-state index contributed by atoms with van der Waals surface area (Å²) in [7, 11) is 0. The van der Waals surface area contributed by atoms with Crippen LogP contribution in [0.4, 0.5) is 25.0 Å². The van der Waals surface area contributed by atoms with Gasteiger partial charge in [-0.1, -0.05) is 0 Å². The number of carbonyl (C=O) groups is 1. The Hall–Kier alpha value is -1.85. The zero-order valence-corrected chi connectivity index (χ0v) is 9.80. The molecule has 0 aromatic heterocycles. The van der Waals surface area contributed by atoms with Gasteiger partial charge in [-0.3, -0.25) is 5.32 Å². The second kappa shape index (κ2) is 4.57. The first-order chi connectivity index (χ1) is 7.69. The lowest BCUT2D eigenvalue weighted by atomic mass is 10.2. The van der Waals surface area contributed by atoms with E-state index in [4.69, 9.17) is 10.5 Å². The zero-order valence-electron chi connectivity index (χ0n) is 9.80. The molecule has 0 heterocycles. The lowest BCUT2D eigenvalue weighted by molar-refractivity contribution is 0.0635. The fourth-order valence-corrected chi connectivity index (χ4v) is 1.13. The summed E-state index contributed by atoms with van der Waals surface area (Å²) in [6.45, 7) is 4.99. The van der Waals surface area contributed by atoms with Crippen molar-refractivity contribution in [2.24, 2.45) is 0 Å². The van der Waals surface area contributed by atoms with Crippen molar-refractivity contribution in [3.8, 4) is 0 Å². The number of hydrogen-bond acceptors (Lipinski definition) is 3. The van der Waals surface area contributed by atoms with Gasteiger partial charge in [0.1, 0.15) is 17.1 Å². The lowest BCUT2D eigenvalue weighted by Gasteiger charge is -2.20. The van der Waals surface area contributed by atoms with Crippen LogP contribution in [0.25, 0.3) is 0 Å². The van der Waals surface area contributed by atoms with Gasteiger partial charge in [-0.05, 0) is 26.8 Å². The highest BCUT2D eigenvalue weighted by Gasteiger charge is 2.18. The van der Waals surface area contributed by atoms with Crippen LogP contribution in [0.1, 0.15) is 20.8 Å².